The molecule has 9 nitrogen and oxygen atoms in total. The molecular formula is C20H22N2O7. The second-order valence-corrected chi connectivity index (χ2v) is 6.71. The summed E-state index contributed by atoms with van der Waals surface area (Å²) in [6, 6.07) is 7.79. The Morgan fingerprint density at radius 1 is 1.07 bits per heavy atom. The van der Waals surface area contributed by atoms with Crippen LogP contribution in [0.5, 0.6) is 5.75 Å². The maximum atomic E-state index is 12.4. The van der Waals surface area contributed by atoms with Gasteiger partial charge in [-0.05, 0) is 25.1 Å². The van der Waals surface area contributed by atoms with Gasteiger partial charge in [0.15, 0.2) is 12.7 Å². The van der Waals surface area contributed by atoms with Gasteiger partial charge in [-0.15, -0.1) is 0 Å². The Kier molecular flexibility index (Phi) is 6.16. The Morgan fingerprint density at radius 2 is 1.72 bits per heavy atom. The molecule has 1 aliphatic heterocycles. The lowest BCUT2D eigenvalue weighted by molar-refractivity contribution is -0.161. The number of carbonyl (C=O) groups is 3. The highest BCUT2D eigenvalue weighted by Crippen LogP contribution is 2.19. The average molecular weight is 402 g/mol. The second-order valence-electron chi connectivity index (χ2n) is 6.71. The molecule has 0 saturated carbocycles. The van der Waals surface area contributed by atoms with E-state index in [1.807, 2.05) is 0 Å². The van der Waals surface area contributed by atoms with Crippen molar-refractivity contribution < 1.29 is 28.3 Å². The fourth-order valence-corrected chi connectivity index (χ4v) is 3.05. The lowest BCUT2D eigenvalue weighted by Gasteiger charge is -2.35. The fraction of sp³-hybridized carbons (Fsp3) is 0.400. The summed E-state index contributed by atoms with van der Waals surface area (Å²) in [4.78, 5) is 50.3. The first-order valence-electron chi connectivity index (χ1n) is 9.24. The molecule has 2 aromatic rings. The van der Waals surface area contributed by atoms with E-state index in [4.69, 9.17) is 13.9 Å². The van der Waals surface area contributed by atoms with E-state index in [-0.39, 0.29) is 11.8 Å². The first kappa shape index (κ1) is 20.4. The van der Waals surface area contributed by atoms with Gasteiger partial charge in [0.25, 0.3) is 5.91 Å². The summed E-state index contributed by atoms with van der Waals surface area (Å²) in [6.45, 7) is 4.33. The number of carbonyl (C=O) groups excluding carboxylic acids is 3. The molecule has 1 unspecified atom stereocenters. The van der Waals surface area contributed by atoms with Crippen LogP contribution in [0.15, 0.2) is 39.5 Å². The molecule has 1 aromatic carbocycles. The van der Waals surface area contributed by atoms with Crippen molar-refractivity contribution in [2.45, 2.75) is 20.0 Å². The molecule has 0 spiro atoms. The molecule has 9 heteroatoms. The van der Waals surface area contributed by atoms with Crippen molar-refractivity contribution in [3.63, 3.8) is 0 Å². The summed E-state index contributed by atoms with van der Waals surface area (Å²) in [5, 5.41) is 0.726. The van der Waals surface area contributed by atoms with Crippen LogP contribution in [-0.4, -0.2) is 66.5 Å². The Labute approximate surface area is 166 Å². The van der Waals surface area contributed by atoms with Gasteiger partial charge >= 0.3 is 11.6 Å². The molecule has 1 aromatic heterocycles. The summed E-state index contributed by atoms with van der Waals surface area (Å²) in [6.07, 6.45) is -0.954. The van der Waals surface area contributed by atoms with Gasteiger partial charge in [-0.25, -0.2) is 9.59 Å². The summed E-state index contributed by atoms with van der Waals surface area (Å²) in [7, 11) is 0. The number of ether oxygens (including phenoxy) is 2. The van der Waals surface area contributed by atoms with Crippen LogP contribution in [0, 0.1) is 0 Å². The third-order valence-corrected chi connectivity index (χ3v) is 4.64. The van der Waals surface area contributed by atoms with E-state index < -0.39 is 24.3 Å². The van der Waals surface area contributed by atoms with Crippen LogP contribution in [0.4, 0.5) is 0 Å². The number of benzene rings is 1. The lowest BCUT2D eigenvalue weighted by atomic mass is 10.2. The fourth-order valence-electron chi connectivity index (χ4n) is 3.05. The van der Waals surface area contributed by atoms with Crippen LogP contribution in [0.25, 0.3) is 11.0 Å². The van der Waals surface area contributed by atoms with Crippen LogP contribution in [-0.2, 0) is 19.1 Å². The molecule has 2 amide bonds. The number of nitrogens with zero attached hydrogens (tertiary/aromatic N) is 2. The van der Waals surface area contributed by atoms with Crippen LogP contribution in [0.1, 0.15) is 13.8 Å². The van der Waals surface area contributed by atoms with Crippen molar-refractivity contribution in [2.24, 2.45) is 0 Å². The maximum Gasteiger partial charge on any atom is 0.344 e. The zero-order chi connectivity index (χ0) is 21.0. The molecule has 1 aliphatic rings. The molecule has 154 valence electrons. The van der Waals surface area contributed by atoms with E-state index in [2.05, 4.69) is 0 Å². The number of amides is 2. The largest absolute Gasteiger partial charge is 0.482 e. The molecule has 1 atom stereocenters. The quantitative estimate of drug-likeness (QED) is 0.538. The molecular weight excluding hydrogens is 380 g/mol. The van der Waals surface area contributed by atoms with Gasteiger partial charge in [-0.1, -0.05) is 0 Å². The third-order valence-electron chi connectivity index (χ3n) is 4.64. The normalized spacial score (nSPS) is 15.1. The van der Waals surface area contributed by atoms with Crippen LogP contribution < -0.4 is 10.4 Å². The molecule has 0 radical (unpaired) electrons. The molecule has 0 N–H and O–H groups in total. The maximum absolute atomic E-state index is 12.4. The highest BCUT2D eigenvalue weighted by molar-refractivity contribution is 5.84. The SMILES string of the molecule is CC(=O)N1CCN(C(=O)C(C)OC(=O)COc2ccc3ccc(=O)oc3c2)CC1. The number of piperazine rings is 1. The summed E-state index contributed by atoms with van der Waals surface area (Å²) in [5.74, 6) is -0.693. The van der Waals surface area contributed by atoms with E-state index in [1.54, 1.807) is 28.0 Å². The first-order valence-corrected chi connectivity index (χ1v) is 9.24. The number of rotatable bonds is 5. The smallest absolute Gasteiger partial charge is 0.344 e. The summed E-state index contributed by atoms with van der Waals surface area (Å²) in [5.41, 5.74) is -0.137. The minimum absolute atomic E-state index is 0.0262. The van der Waals surface area contributed by atoms with Gasteiger partial charge in [-0.3, -0.25) is 9.59 Å². The summed E-state index contributed by atoms with van der Waals surface area (Å²) >= 11 is 0. The van der Waals surface area contributed by atoms with Gasteiger partial charge in [-0.2, -0.15) is 0 Å². The Hall–Kier alpha value is -3.36. The summed E-state index contributed by atoms with van der Waals surface area (Å²) < 4.78 is 15.6. The molecule has 2 heterocycles. The van der Waals surface area contributed by atoms with Crippen molar-refractivity contribution in [2.75, 3.05) is 32.8 Å². The van der Waals surface area contributed by atoms with E-state index in [0.717, 1.165) is 5.39 Å². The molecule has 0 aliphatic carbocycles. The topological polar surface area (TPSA) is 106 Å². The van der Waals surface area contributed by atoms with E-state index in [9.17, 15) is 19.2 Å². The number of esters is 1. The lowest BCUT2D eigenvalue weighted by Crippen LogP contribution is -2.52. The Bertz CT molecular complexity index is 976. The zero-order valence-corrected chi connectivity index (χ0v) is 16.3. The minimum Gasteiger partial charge on any atom is -0.482 e. The molecule has 1 saturated heterocycles. The Morgan fingerprint density at radius 3 is 2.41 bits per heavy atom. The average Bonchev–Trinajstić information content (AvgIpc) is 2.71. The molecule has 0 bridgehead atoms. The highest BCUT2D eigenvalue weighted by atomic mass is 16.6. The first-order chi connectivity index (χ1) is 13.8. The standard InChI is InChI=1S/C20H22N2O7/c1-13(20(26)22-9-7-21(8-10-22)14(2)23)28-19(25)12-27-16-5-3-15-4-6-18(24)29-17(15)11-16/h3-6,11,13H,7-10,12H2,1-2H3. The monoisotopic (exact) mass is 402 g/mol. The van der Waals surface area contributed by atoms with Crippen molar-refractivity contribution in [3.8, 4) is 5.75 Å². The van der Waals surface area contributed by atoms with Crippen molar-refractivity contribution in [1.82, 2.24) is 9.80 Å². The van der Waals surface area contributed by atoms with Gasteiger partial charge in [0.05, 0.1) is 0 Å². The van der Waals surface area contributed by atoms with Crippen molar-refractivity contribution >= 4 is 28.8 Å². The number of fused-ring (bicyclic) bond motifs is 1. The van der Waals surface area contributed by atoms with E-state index >= 15 is 0 Å². The van der Waals surface area contributed by atoms with Gasteiger partial charge in [0.2, 0.25) is 5.91 Å². The molecule has 29 heavy (non-hydrogen) atoms. The third kappa shape index (κ3) is 5.13. The van der Waals surface area contributed by atoms with Crippen LogP contribution >= 0.6 is 0 Å². The van der Waals surface area contributed by atoms with Crippen molar-refractivity contribution in [3.05, 3.63) is 40.8 Å². The zero-order valence-electron chi connectivity index (χ0n) is 16.3. The van der Waals surface area contributed by atoms with E-state index in [1.165, 1.54) is 26.0 Å². The number of hydrogen-bond donors (Lipinski definition) is 0. The Balaban J connectivity index is 1.49. The molecule has 1 fully saturated rings. The van der Waals surface area contributed by atoms with Crippen LogP contribution in [0.3, 0.4) is 0 Å². The molecule has 3 rings (SSSR count). The van der Waals surface area contributed by atoms with E-state index in [0.29, 0.717) is 37.5 Å². The minimum atomic E-state index is -0.954. The van der Waals surface area contributed by atoms with Crippen molar-refractivity contribution in [1.29, 1.82) is 0 Å². The second kappa shape index (κ2) is 8.76. The number of hydrogen-bond acceptors (Lipinski definition) is 7. The van der Waals surface area contributed by atoms with Gasteiger partial charge in [0, 0.05) is 50.6 Å². The van der Waals surface area contributed by atoms with Gasteiger partial charge < -0.3 is 23.7 Å². The predicted molar refractivity (Wildman–Crippen MR) is 102 cm³/mol. The van der Waals surface area contributed by atoms with Crippen LogP contribution in [0.2, 0.25) is 0 Å². The highest BCUT2D eigenvalue weighted by Gasteiger charge is 2.27. The van der Waals surface area contributed by atoms with Gasteiger partial charge in [0.1, 0.15) is 11.3 Å². The predicted octanol–water partition coefficient (Wildman–Crippen LogP) is 0.794.